The zero-order valence-corrected chi connectivity index (χ0v) is 21.7. The van der Waals surface area contributed by atoms with Crippen LogP contribution in [0.4, 0.5) is 4.79 Å². The Morgan fingerprint density at radius 2 is 1.68 bits per heavy atom. The van der Waals surface area contributed by atoms with Crippen molar-refractivity contribution in [2.45, 2.75) is 50.5 Å². The lowest BCUT2D eigenvalue weighted by atomic mass is 9.48. The van der Waals surface area contributed by atoms with Crippen LogP contribution in [0.3, 0.4) is 0 Å². The summed E-state index contributed by atoms with van der Waals surface area (Å²) in [6.45, 7) is 0.278. The predicted octanol–water partition coefficient (Wildman–Crippen LogP) is 7.16. The third-order valence-corrected chi connectivity index (χ3v) is 9.73. The molecule has 0 atom stereocenters. The van der Waals surface area contributed by atoms with Gasteiger partial charge in [0.1, 0.15) is 5.75 Å². The SMILES string of the molecule is COc1ccc(C23CC4CC(CC(C4)C2)C3)cc1/C=C1\SC(=O)N(Cc2ccc(Br)cc2)C1=O. The Labute approximate surface area is 213 Å². The number of rotatable bonds is 5. The molecule has 0 unspecified atom stereocenters. The van der Waals surface area contributed by atoms with Gasteiger partial charge in [-0.1, -0.05) is 34.1 Å². The van der Waals surface area contributed by atoms with Gasteiger partial charge in [-0.15, -0.1) is 0 Å². The number of carbonyl (C=O) groups is 2. The number of methoxy groups -OCH3 is 1. The fraction of sp³-hybridized carbons (Fsp3) is 0.429. The monoisotopic (exact) mass is 537 g/mol. The maximum absolute atomic E-state index is 13.2. The normalized spacial score (nSPS) is 31.1. The molecular formula is C28H28BrNO3S. The number of ether oxygens (including phenoxy) is 1. The van der Waals surface area contributed by atoms with E-state index in [1.807, 2.05) is 36.4 Å². The lowest BCUT2D eigenvalue weighted by molar-refractivity contribution is -0.123. The molecule has 4 saturated carbocycles. The van der Waals surface area contributed by atoms with E-state index in [1.165, 1.54) is 49.0 Å². The first-order valence-corrected chi connectivity index (χ1v) is 13.7. The molecule has 2 aromatic rings. The minimum absolute atomic E-state index is 0.227. The van der Waals surface area contributed by atoms with Gasteiger partial charge in [0.05, 0.1) is 18.6 Å². The van der Waals surface area contributed by atoms with Crippen LogP contribution in [0, 0.1) is 17.8 Å². The third-order valence-electron chi connectivity index (χ3n) is 8.29. The van der Waals surface area contributed by atoms with Crippen LogP contribution in [0.25, 0.3) is 6.08 Å². The van der Waals surface area contributed by atoms with Crippen LogP contribution in [0.15, 0.2) is 51.8 Å². The first-order chi connectivity index (χ1) is 16.4. The average Bonchev–Trinajstić information content (AvgIpc) is 3.07. The van der Waals surface area contributed by atoms with Gasteiger partial charge in [-0.2, -0.15) is 0 Å². The number of nitrogens with zero attached hydrogens (tertiary/aromatic N) is 1. The molecule has 5 aliphatic rings. The maximum atomic E-state index is 13.2. The predicted molar refractivity (Wildman–Crippen MR) is 138 cm³/mol. The van der Waals surface area contributed by atoms with Crippen LogP contribution >= 0.6 is 27.7 Å². The topological polar surface area (TPSA) is 46.6 Å². The van der Waals surface area contributed by atoms with Gasteiger partial charge in [0, 0.05) is 10.0 Å². The molecule has 4 aliphatic carbocycles. The number of carbonyl (C=O) groups excluding carboxylic acids is 2. The van der Waals surface area contributed by atoms with E-state index in [4.69, 9.17) is 4.74 Å². The first kappa shape index (κ1) is 22.4. The number of hydrogen-bond acceptors (Lipinski definition) is 4. The Bertz CT molecular complexity index is 1150. The van der Waals surface area contributed by atoms with Gasteiger partial charge in [-0.25, -0.2) is 0 Å². The molecule has 0 spiro atoms. The summed E-state index contributed by atoms with van der Waals surface area (Å²) in [5, 5.41) is -0.227. The summed E-state index contributed by atoms with van der Waals surface area (Å²) in [6.07, 6.45) is 9.95. The van der Waals surface area contributed by atoms with Crippen LogP contribution < -0.4 is 4.74 Å². The van der Waals surface area contributed by atoms with Crippen molar-refractivity contribution in [3.05, 3.63) is 68.5 Å². The fourth-order valence-electron chi connectivity index (χ4n) is 7.19. The van der Waals surface area contributed by atoms with E-state index in [0.29, 0.717) is 4.91 Å². The van der Waals surface area contributed by atoms with E-state index >= 15 is 0 Å². The van der Waals surface area contributed by atoms with Crippen LogP contribution in [-0.4, -0.2) is 23.2 Å². The van der Waals surface area contributed by atoms with Crippen molar-refractivity contribution in [3.63, 3.8) is 0 Å². The summed E-state index contributed by atoms with van der Waals surface area (Å²) < 4.78 is 6.63. The van der Waals surface area contributed by atoms with Crippen molar-refractivity contribution in [1.29, 1.82) is 0 Å². The van der Waals surface area contributed by atoms with Crippen molar-refractivity contribution in [3.8, 4) is 5.75 Å². The lowest BCUT2D eigenvalue weighted by Gasteiger charge is -2.57. The number of hydrogen-bond donors (Lipinski definition) is 0. The van der Waals surface area contributed by atoms with Gasteiger partial charge in [-0.3, -0.25) is 14.5 Å². The Morgan fingerprint density at radius 1 is 1.03 bits per heavy atom. The Kier molecular flexibility index (Phi) is 5.64. The summed E-state index contributed by atoms with van der Waals surface area (Å²) in [5.41, 5.74) is 3.47. The second-order valence-corrected chi connectivity index (χ2v) is 12.5. The highest BCUT2D eigenvalue weighted by Gasteiger charge is 2.51. The van der Waals surface area contributed by atoms with Crippen LogP contribution in [0.2, 0.25) is 0 Å². The number of imide groups is 1. The summed E-state index contributed by atoms with van der Waals surface area (Å²) in [4.78, 5) is 27.6. The molecule has 7 rings (SSSR count). The van der Waals surface area contributed by atoms with Crippen molar-refractivity contribution in [1.82, 2.24) is 4.90 Å². The summed E-state index contributed by atoms with van der Waals surface area (Å²) in [5.74, 6) is 3.11. The summed E-state index contributed by atoms with van der Waals surface area (Å²) in [7, 11) is 1.66. The van der Waals surface area contributed by atoms with Crippen LogP contribution in [0.5, 0.6) is 5.75 Å². The van der Waals surface area contributed by atoms with E-state index in [-0.39, 0.29) is 23.1 Å². The molecule has 6 heteroatoms. The second kappa shape index (κ2) is 8.56. The van der Waals surface area contributed by atoms with Gasteiger partial charge >= 0.3 is 0 Å². The smallest absolute Gasteiger partial charge is 0.293 e. The lowest BCUT2D eigenvalue weighted by Crippen LogP contribution is -2.48. The Morgan fingerprint density at radius 3 is 2.29 bits per heavy atom. The van der Waals surface area contributed by atoms with Gasteiger partial charge in [-0.05, 0) is 115 Å². The van der Waals surface area contributed by atoms with E-state index in [2.05, 4.69) is 28.1 Å². The van der Waals surface area contributed by atoms with Gasteiger partial charge in [0.15, 0.2) is 0 Å². The molecule has 0 radical (unpaired) electrons. The van der Waals surface area contributed by atoms with Crippen molar-refractivity contribution in [2.75, 3.05) is 7.11 Å². The molecule has 1 saturated heterocycles. The van der Waals surface area contributed by atoms with E-state index in [0.717, 1.165) is 50.9 Å². The zero-order chi connectivity index (χ0) is 23.4. The van der Waals surface area contributed by atoms with Gasteiger partial charge < -0.3 is 4.74 Å². The van der Waals surface area contributed by atoms with Crippen molar-refractivity contribution < 1.29 is 14.3 Å². The zero-order valence-electron chi connectivity index (χ0n) is 19.3. The molecule has 0 N–H and O–H groups in total. The highest BCUT2D eigenvalue weighted by Crippen LogP contribution is 2.61. The molecule has 1 aliphatic heterocycles. The second-order valence-electron chi connectivity index (χ2n) is 10.5. The molecule has 5 fully saturated rings. The van der Waals surface area contributed by atoms with Crippen LogP contribution in [-0.2, 0) is 16.8 Å². The highest BCUT2D eigenvalue weighted by molar-refractivity contribution is 9.10. The number of benzene rings is 2. The quantitative estimate of drug-likeness (QED) is 0.379. The van der Waals surface area contributed by atoms with Gasteiger partial charge in [0.25, 0.3) is 11.1 Å². The molecule has 4 bridgehead atoms. The average molecular weight is 539 g/mol. The van der Waals surface area contributed by atoms with Crippen molar-refractivity contribution in [2.24, 2.45) is 17.8 Å². The summed E-state index contributed by atoms with van der Waals surface area (Å²) >= 11 is 4.44. The molecule has 2 aromatic carbocycles. The van der Waals surface area contributed by atoms with Gasteiger partial charge in [0.2, 0.25) is 0 Å². The largest absolute Gasteiger partial charge is 0.496 e. The molecular weight excluding hydrogens is 510 g/mol. The van der Waals surface area contributed by atoms with Crippen LogP contribution in [0.1, 0.15) is 55.2 Å². The number of halogens is 1. The van der Waals surface area contributed by atoms with E-state index in [9.17, 15) is 9.59 Å². The fourth-order valence-corrected chi connectivity index (χ4v) is 8.28. The molecule has 1 heterocycles. The van der Waals surface area contributed by atoms with E-state index in [1.54, 1.807) is 7.11 Å². The standard InChI is InChI=1S/C28H28BrNO3S/c1-33-24-7-4-22(28-13-18-8-19(14-28)10-20(9-18)15-28)11-21(24)12-25-26(31)30(27(32)34-25)16-17-2-5-23(29)6-3-17/h2-7,11-12,18-20H,8-10,13-16H2,1H3/b25-12-. The molecule has 4 nitrogen and oxygen atoms in total. The third kappa shape index (κ3) is 3.93. The number of thioether (sulfide) groups is 1. The highest BCUT2D eigenvalue weighted by atomic mass is 79.9. The van der Waals surface area contributed by atoms with Crippen molar-refractivity contribution >= 4 is 44.9 Å². The molecule has 0 aromatic heterocycles. The first-order valence-electron chi connectivity index (χ1n) is 12.1. The molecule has 2 amide bonds. The minimum atomic E-state index is -0.236. The maximum Gasteiger partial charge on any atom is 0.293 e. The number of amides is 2. The minimum Gasteiger partial charge on any atom is -0.496 e. The summed E-state index contributed by atoms with van der Waals surface area (Å²) in [6, 6.07) is 14.2. The Balaban J connectivity index is 1.30. The van der Waals surface area contributed by atoms with E-state index < -0.39 is 0 Å². The molecule has 176 valence electrons. The Hall–Kier alpha value is -2.05. The molecule has 34 heavy (non-hydrogen) atoms.